The lowest BCUT2D eigenvalue weighted by molar-refractivity contribution is -0.120. The highest BCUT2D eigenvalue weighted by molar-refractivity contribution is 5.80. The topological polar surface area (TPSA) is 78.4 Å². The molecule has 88 valence electrons. The van der Waals surface area contributed by atoms with Crippen LogP contribution < -0.4 is 10.2 Å². The molecule has 1 aromatic rings. The Morgan fingerprint density at radius 2 is 2.19 bits per heavy atom. The predicted molar refractivity (Wildman–Crippen MR) is 60.0 cm³/mol. The molecule has 1 heterocycles. The van der Waals surface area contributed by atoms with Crippen LogP contribution in [0.2, 0.25) is 0 Å². The maximum absolute atomic E-state index is 11.5. The number of nitrogens with zero attached hydrogens (tertiary/aromatic N) is 3. The molecule has 0 saturated heterocycles. The summed E-state index contributed by atoms with van der Waals surface area (Å²) in [5.41, 5.74) is 0. The van der Waals surface area contributed by atoms with Crippen LogP contribution in [-0.2, 0) is 4.79 Å². The molecule has 0 aromatic carbocycles. The molecule has 1 amide bonds. The van der Waals surface area contributed by atoms with E-state index in [1.165, 1.54) is 0 Å². The molecule has 0 aliphatic carbocycles. The monoisotopic (exact) mass is 224 g/mol. The van der Waals surface area contributed by atoms with Gasteiger partial charge in [-0.2, -0.15) is 0 Å². The van der Waals surface area contributed by atoms with Crippen LogP contribution in [0.25, 0.3) is 0 Å². The van der Waals surface area contributed by atoms with E-state index in [0.717, 1.165) is 0 Å². The molecule has 16 heavy (non-hydrogen) atoms. The molecule has 1 rings (SSSR count). The molecule has 0 aliphatic heterocycles. The average Bonchev–Trinajstić information content (AvgIpc) is 2.29. The highest BCUT2D eigenvalue weighted by Crippen LogP contribution is 2.00. The van der Waals surface area contributed by atoms with Crippen molar-refractivity contribution in [2.75, 3.05) is 25.1 Å². The van der Waals surface area contributed by atoms with Crippen molar-refractivity contribution in [2.45, 2.75) is 13.0 Å². The zero-order valence-corrected chi connectivity index (χ0v) is 9.42. The van der Waals surface area contributed by atoms with Gasteiger partial charge in [-0.05, 0) is 13.0 Å². The van der Waals surface area contributed by atoms with Crippen molar-refractivity contribution in [1.82, 2.24) is 15.3 Å². The number of hydrogen-bond donors (Lipinski definition) is 2. The van der Waals surface area contributed by atoms with Gasteiger partial charge in [0.15, 0.2) is 0 Å². The smallest absolute Gasteiger partial charge is 0.239 e. The van der Waals surface area contributed by atoms with E-state index in [2.05, 4.69) is 15.3 Å². The van der Waals surface area contributed by atoms with E-state index in [4.69, 9.17) is 5.11 Å². The van der Waals surface area contributed by atoms with Crippen molar-refractivity contribution in [3.8, 4) is 0 Å². The number of rotatable bonds is 5. The number of amides is 1. The van der Waals surface area contributed by atoms with Gasteiger partial charge in [0.25, 0.3) is 0 Å². The first-order chi connectivity index (χ1) is 7.63. The van der Waals surface area contributed by atoms with Crippen LogP contribution in [0.1, 0.15) is 6.92 Å². The number of nitrogens with one attached hydrogen (secondary N) is 1. The number of carbonyl (C=O) groups is 1. The maximum Gasteiger partial charge on any atom is 0.239 e. The van der Waals surface area contributed by atoms with Gasteiger partial charge in [0, 0.05) is 25.5 Å². The summed E-state index contributed by atoms with van der Waals surface area (Å²) in [6.07, 6.45) is 3.24. The van der Waals surface area contributed by atoms with Crippen molar-refractivity contribution < 1.29 is 9.90 Å². The van der Waals surface area contributed by atoms with Crippen molar-refractivity contribution in [1.29, 1.82) is 0 Å². The molecule has 6 nitrogen and oxygen atoms in total. The molecule has 6 heteroatoms. The van der Waals surface area contributed by atoms with Gasteiger partial charge in [0.2, 0.25) is 11.9 Å². The number of aliphatic hydroxyl groups is 1. The number of hydrogen-bond acceptors (Lipinski definition) is 5. The fourth-order valence-electron chi connectivity index (χ4n) is 1.14. The quantitative estimate of drug-likeness (QED) is 0.699. The standard InChI is InChI=1S/C10H16N4O2/c1-8(7-15)13-9(16)6-14(2)10-11-4-3-5-12-10/h3-5,8,15H,6-7H2,1-2H3,(H,13,16)/t8-/m0/s1. The Bertz CT molecular complexity index is 331. The van der Waals surface area contributed by atoms with Gasteiger partial charge < -0.3 is 15.3 Å². The maximum atomic E-state index is 11.5. The zero-order valence-electron chi connectivity index (χ0n) is 9.42. The van der Waals surface area contributed by atoms with E-state index in [1.807, 2.05) is 0 Å². The fraction of sp³-hybridized carbons (Fsp3) is 0.500. The number of aliphatic hydroxyl groups excluding tert-OH is 1. The first-order valence-corrected chi connectivity index (χ1v) is 5.02. The number of likely N-dealkylation sites (N-methyl/N-ethyl adjacent to an activating group) is 1. The van der Waals surface area contributed by atoms with Gasteiger partial charge in [0.1, 0.15) is 0 Å². The minimum absolute atomic E-state index is 0.0721. The van der Waals surface area contributed by atoms with Crippen LogP contribution in [0.5, 0.6) is 0 Å². The van der Waals surface area contributed by atoms with Gasteiger partial charge in [-0.1, -0.05) is 0 Å². The van der Waals surface area contributed by atoms with E-state index in [9.17, 15) is 4.79 Å². The summed E-state index contributed by atoms with van der Waals surface area (Å²) < 4.78 is 0. The van der Waals surface area contributed by atoms with Crippen LogP contribution in [0, 0.1) is 0 Å². The van der Waals surface area contributed by atoms with E-state index >= 15 is 0 Å². The third kappa shape index (κ3) is 3.82. The second kappa shape index (κ2) is 6.02. The lowest BCUT2D eigenvalue weighted by Gasteiger charge is -2.17. The minimum Gasteiger partial charge on any atom is -0.394 e. The highest BCUT2D eigenvalue weighted by Gasteiger charge is 2.10. The number of anilines is 1. The van der Waals surface area contributed by atoms with Crippen molar-refractivity contribution in [3.63, 3.8) is 0 Å². The van der Waals surface area contributed by atoms with Gasteiger partial charge in [-0.3, -0.25) is 4.79 Å². The third-order valence-corrected chi connectivity index (χ3v) is 1.96. The predicted octanol–water partition coefficient (Wildman–Crippen LogP) is -0.590. The van der Waals surface area contributed by atoms with Gasteiger partial charge in [0.05, 0.1) is 13.2 Å². The van der Waals surface area contributed by atoms with Crippen molar-refractivity contribution in [3.05, 3.63) is 18.5 Å². The van der Waals surface area contributed by atoms with Gasteiger partial charge in [-0.15, -0.1) is 0 Å². The normalized spacial score (nSPS) is 11.9. The number of carbonyl (C=O) groups excluding carboxylic acids is 1. The van der Waals surface area contributed by atoms with Crippen molar-refractivity contribution in [2.24, 2.45) is 0 Å². The molecule has 2 N–H and O–H groups in total. The Morgan fingerprint density at radius 1 is 1.56 bits per heavy atom. The SMILES string of the molecule is C[C@@H](CO)NC(=O)CN(C)c1ncccn1. The summed E-state index contributed by atoms with van der Waals surface area (Å²) in [6.45, 7) is 1.82. The molecule has 0 aliphatic rings. The molecule has 0 spiro atoms. The highest BCUT2D eigenvalue weighted by atomic mass is 16.3. The lowest BCUT2D eigenvalue weighted by atomic mass is 10.3. The lowest BCUT2D eigenvalue weighted by Crippen LogP contribution is -2.41. The Balaban J connectivity index is 2.46. The summed E-state index contributed by atoms with van der Waals surface area (Å²) in [5, 5.41) is 11.4. The fourth-order valence-corrected chi connectivity index (χ4v) is 1.14. The summed E-state index contributed by atoms with van der Waals surface area (Å²) in [5.74, 6) is 0.325. The molecule has 0 radical (unpaired) electrons. The van der Waals surface area contributed by atoms with Crippen LogP contribution in [-0.4, -0.2) is 47.2 Å². The first-order valence-electron chi connectivity index (χ1n) is 5.02. The van der Waals surface area contributed by atoms with Crippen LogP contribution >= 0.6 is 0 Å². The largest absolute Gasteiger partial charge is 0.394 e. The van der Waals surface area contributed by atoms with E-state index in [-0.39, 0.29) is 25.1 Å². The molecule has 0 bridgehead atoms. The second-order valence-corrected chi connectivity index (χ2v) is 3.56. The Kier molecular flexibility index (Phi) is 4.65. The molecule has 0 unspecified atom stereocenters. The molecule has 1 atom stereocenters. The molecule has 1 aromatic heterocycles. The molecule has 0 saturated carbocycles. The Labute approximate surface area is 94.3 Å². The summed E-state index contributed by atoms with van der Waals surface area (Å²) >= 11 is 0. The average molecular weight is 224 g/mol. The molecular formula is C10H16N4O2. The van der Waals surface area contributed by atoms with Gasteiger partial charge in [-0.25, -0.2) is 9.97 Å². The van der Waals surface area contributed by atoms with Crippen molar-refractivity contribution >= 4 is 11.9 Å². The van der Waals surface area contributed by atoms with Crippen LogP contribution in [0.15, 0.2) is 18.5 Å². The van der Waals surface area contributed by atoms with E-state index < -0.39 is 0 Å². The Morgan fingerprint density at radius 3 is 2.75 bits per heavy atom. The summed E-state index contributed by atoms with van der Waals surface area (Å²) in [6, 6.07) is 1.48. The van der Waals surface area contributed by atoms with E-state index in [1.54, 1.807) is 37.3 Å². The first kappa shape index (κ1) is 12.4. The summed E-state index contributed by atoms with van der Waals surface area (Å²) in [4.78, 5) is 21.1. The molecule has 0 fully saturated rings. The van der Waals surface area contributed by atoms with E-state index in [0.29, 0.717) is 5.95 Å². The second-order valence-electron chi connectivity index (χ2n) is 3.56. The molecular weight excluding hydrogens is 208 g/mol. The Hall–Kier alpha value is -1.69. The summed E-state index contributed by atoms with van der Waals surface area (Å²) in [7, 11) is 1.73. The minimum atomic E-state index is -0.238. The van der Waals surface area contributed by atoms with Crippen LogP contribution in [0.4, 0.5) is 5.95 Å². The van der Waals surface area contributed by atoms with Gasteiger partial charge >= 0.3 is 0 Å². The number of aromatic nitrogens is 2. The third-order valence-electron chi connectivity index (χ3n) is 1.96. The van der Waals surface area contributed by atoms with Crippen LogP contribution in [0.3, 0.4) is 0 Å². The zero-order chi connectivity index (χ0) is 12.0.